The number of ketones is 1. The lowest BCUT2D eigenvalue weighted by Crippen LogP contribution is -2.08. The third-order valence-corrected chi connectivity index (χ3v) is 4.43. The highest BCUT2D eigenvalue weighted by molar-refractivity contribution is 8.00. The fraction of sp³-hybridized carbons (Fsp3) is 0.263. The van der Waals surface area contributed by atoms with Crippen molar-refractivity contribution in [2.24, 2.45) is 4.99 Å². The topological polar surface area (TPSA) is 32.7 Å². The summed E-state index contributed by atoms with van der Waals surface area (Å²) in [7, 11) is 3.82. The highest BCUT2D eigenvalue weighted by Gasteiger charge is 2.12. The zero-order valence-electron chi connectivity index (χ0n) is 14.3. The van der Waals surface area contributed by atoms with Crippen LogP contribution in [0.3, 0.4) is 0 Å². The number of carbonyl (C=O) groups is 1. The number of hydrogen-bond acceptors (Lipinski definition) is 3. The van der Waals surface area contributed by atoms with Crippen LogP contribution in [-0.2, 0) is 0 Å². The van der Waals surface area contributed by atoms with Gasteiger partial charge in [-0.15, -0.1) is 11.8 Å². The Kier molecular flexibility index (Phi) is 6.15. The number of aryl methyl sites for hydroxylation is 2. The number of nitrogens with zero attached hydrogens (tertiary/aromatic N) is 2. The molecule has 0 bridgehead atoms. The molecule has 2 aromatic carbocycles. The molecule has 3 nitrogen and oxygen atoms in total. The Balaban J connectivity index is 2.13. The van der Waals surface area contributed by atoms with Gasteiger partial charge in [0.05, 0.1) is 17.8 Å². The van der Waals surface area contributed by atoms with Gasteiger partial charge in [0.1, 0.15) is 5.82 Å². The molecule has 0 aliphatic rings. The van der Waals surface area contributed by atoms with Gasteiger partial charge in [0, 0.05) is 24.6 Å². The molecular formula is C19H21FN2OS. The summed E-state index contributed by atoms with van der Waals surface area (Å²) >= 11 is 1.34. The number of carbonyl (C=O) groups excluding carboxylic acids is 1. The van der Waals surface area contributed by atoms with E-state index in [1.165, 1.54) is 23.9 Å². The Bertz CT molecular complexity index is 772. The first-order valence-corrected chi connectivity index (χ1v) is 8.59. The summed E-state index contributed by atoms with van der Waals surface area (Å²) in [6.45, 7) is 3.85. The second kappa shape index (κ2) is 8.11. The highest BCUT2D eigenvalue weighted by Crippen LogP contribution is 2.26. The molecule has 0 aromatic heterocycles. The molecule has 0 spiro atoms. The van der Waals surface area contributed by atoms with Gasteiger partial charge in [-0.05, 0) is 55.3 Å². The molecule has 0 amide bonds. The van der Waals surface area contributed by atoms with E-state index in [1.54, 1.807) is 18.5 Å². The number of aliphatic imine (C=N–C) groups is 1. The quantitative estimate of drug-likeness (QED) is 0.331. The lowest BCUT2D eigenvalue weighted by molar-refractivity contribution is 0.102. The maximum absolute atomic E-state index is 13.2. The molecule has 0 radical (unpaired) electrons. The zero-order valence-corrected chi connectivity index (χ0v) is 15.2. The van der Waals surface area contributed by atoms with Gasteiger partial charge in [0.2, 0.25) is 0 Å². The number of halogens is 1. The standard InChI is InChI=1S/C19H21FN2OS/c1-13-9-18(21-12-22(3)4)14(2)8-17(13)19(23)11-24-16-7-5-6-15(20)10-16/h5-10,12H,11H2,1-4H3. The Morgan fingerprint density at radius 1 is 1.21 bits per heavy atom. The van der Waals surface area contributed by atoms with E-state index in [0.29, 0.717) is 5.56 Å². The maximum Gasteiger partial charge on any atom is 0.173 e. The second-order valence-corrected chi connectivity index (χ2v) is 6.88. The number of benzene rings is 2. The van der Waals surface area contributed by atoms with E-state index in [1.807, 2.05) is 45.0 Å². The van der Waals surface area contributed by atoms with Crippen molar-refractivity contribution in [2.75, 3.05) is 19.8 Å². The predicted molar refractivity (Wildman–Crippen MR) is 99.2 cm³/mol. The first kappa shape index (κ1) is 18.2. The minimum Gasteiger partial charge on any atom is -0.369 e. The average molecular weight is 344 g/mol. The Hall–Kier alpha value is -2.14. The van der Waals surface area contributed by atoms with Crippen LogP contribution in [0.4, 0.5) is 10.1 Å². The largest absolute Gasteiger partial charge is 0.369 e. The molecule has 24 heavy (non-hydrogen) atoms. The zero-order chi connectivity index (χ0) is 17.7. The van der Waals surface area contributed by atoms with E-state index >= 15 is 0 Å². The summed E-state index contributed by atoms with van der Waals surface area (Å²) in [6.07, 6.45) is 1.74. The van der Waals surface area contributed by atoms with Gasteiger partial charge in [-0.1, -0.05) is 6.07 Å². The summed E-state index contributed by atoms with van der Waals surface area (Å²) in [6, 6.07) is 10.1. The molecule has 0 atom stereocenters. The summed E-state index contributed by atoms with van der Waals surface area (Å²) in [5, 5.41) is 0. The molecule has 0 saturated heterocycles. The van der Waals surface area contributed by atoms with E-state index in [4.69, 9.17) is 0 Å². The highest BCUT2D eigenvalue weighted by atomic mass is 32.2. The minimum atomic E-state index is -0.289. The summed E-state index contributed by atoms with van der Waals surface area (Å²) in [4.78, 5) is 19.5. The average Bonchev–Trinajstić information content (AvgIpc) is 2.53. The first-order chi connectivity index (χ1) is 11.4. The summed E-state index contributed by atoms with van der Waals surface area (Å²) in [5.41, 5.74) is 3.41. The number of rotatable bonds is 6. The Labute approximate surface area is 146 Å². The predicted octanol–water partition coefficient (Wildman–Crippen LogP) is 4.64. The van der Waals surface area contributed by atoms with Gasteiger partial charge in [-0.25, -0.2) is 9.38 Å². The minimum absolute atomic E-state index is 0.0352. The molecule has 126 valence electrons. The molecule has 0 heterocycles. The van der Waals surface area contributed by atoms with Crippen molar-refractivity contribution in [2.45, 2.75) is 18.7 Å². The molecule has 0 N–H and O–H groups in total. The van der Waals surface area contributed by atoms with Crippen LogP contribution in [0.2, 0.25) is 0 Å². The number of Topliss-reactive ketones (excluding diaryl/α,β-unsaturated/α-hetero) is 1. The molecule has 2 rings (SSSR count). The third-order valence-electron chi connectivity index (χ3n) is 3.44. The lowest BCUT2D eigenvalue weighted by Gasteiger charge is -2.10. The van der Waals surface area contributed by atoms with Crippen LogP contribution in [0, 0.1) is 19.7 Å². The van der Waals surface area contributed by atoms with Gasteiger partial charge in [0.25, 0.3) is 0 Å². The first-order valence-electron chi connectivity index (χ1n) is 7.60. The van der Waals surface area contributed by atoms with E-state index in [9.17, 15) is 9.18 Å². The fourth-order valence-corrected chi connectivity index (χ4v) is 3.03. The van der Waals surface area contributed by atoms with Gasteiger partial charge in [-0.3, -0.25) is 4.79 Å². The van der Waals surface area contributed by atoms with Crippen molar-refractivity contribution in [1.82, 2.24) is 4.90 Å². The van der Waals surface area contributed by atoms with Crippen LogP contribution < -0.4 is 0 Å². The van der Waals surface area contributed by atoms with E-state index in [-0.39, 0.29) is 17.4 Å². The molecule has 2 aromatic rings. The van der Waals surface area contributed by atoms with Crippen molar-refractivity contribution < 1.29 is 9.18 Å². The van der Waals surface area contributed by atoms with Gasteiger partial charge in [-0.2, -0.15) is 0 Å². The van der Waals surface area contributed by atoms with Crippen LogP contribution in [0.15, 0.2) is 46.3 Å². The molecule has 0 saturated carbocycles. The van der Waals surface area contributed by atoms with Gasteiger partial charge in [0.15, 0.2) is 5.78 Å². The molecule has 0 aliphatic heterocycles. The van der Waals surface area contributed by atoms with Crippen LogP contribution in [0.1, 0.15) is 21.5 Å². The van der Waals surface area contributed by atoms with Gasteiger partial charge >= 0.3 is 0 Å². The Morgan fingerprint density at radius 2 is 1.96 bits per heavy atom. The van der Waals surface area contributed by atoms with Crippen LogP contribution >= 0.6 is 11.8 Å². The van der Waals surface area contributed by atoms with Crippen LogP contribution in [0.5, 0.6) is 0 Å². The van der Waals surface area contributed by atoms with E-state index in [0.717, 1.165) is 21.7 Å². The van der Waals surface area contributed by atoms with Crippen LogP contribution in [0.25, 0.3) is 0 Å². The SMILES string of the molecule is Cc1cc(C(=O)CSc2cccc(F)c2)c(C)cc1N=CN(C)C. The lowest BCUT2D eigenvalue weighted by atomic mass is 10.0. The van der Waals surface area contributed by atoms with Gasteiger partial charge < -0.3 is 4.90 Å². The molecule has 0 unspecified atom stereocenters. The van der Waals surface area contributed by atoms with Crippen molar-refractivity contribution >= 4 is 29.6 Å². The van der Waals surface area contributed by atoms with Crippen molar-refractivity contribution in [3.05, 3.63) is 58.9 Å². The van der Waals surface area contributed by atoms with Crippen LogP contribution in [-0.4, -0.2) is 36.9 Å². The van der Waals surface area contributed by atoms with E-state index < -0.39 is 0 Å². The monoisotopic (exact) mass is 344 g/mol. The normalized spacial score (nSPS) is 11.0. The summed E-state index contributed by atoms with van der Waals surface area (Å²) in [5.74, 6) is 0.0277. The van der Waals surface area contributed by atoms with Crippen molar-refractivity contribution in [3.63, 3.8) is 0 Å². The van der Waals surface area contributed by atoms with Crippen molar-refractivity contribution in [1.29, 1.82) is 0 Å². The second-order valence-electron chi connectivity index (χ2n) is 5.83. The van der Waals surface area contributed by atoms with Crippen molar-refractivity contribution in [3.8, 4) is 0 Å². The molecule has 5 heteroatoms. The molecule has 0 fully saturated rings. The molecule has 0 aliphatic carbocycles. The summed E-state index contributed by atoms with van der Waals surface area (Å²) < 4.78 is 13.2. The smallest absolute Gasteiger partial charge is 0.173 e. The van der Waals surface area contributed by atoms with E-state index in [2.05, 4.69) is 4.99 Å². The third kappa shape index (κ3) is 4.93. The maximum atomic E-state index is 13.2. The number of thioether (sulfide) groups is 1. The molecular weight excluding hydrogens is 323 g/mol. The number of hydrogen-bond donors (Lipinski definition) is 0. The Morgan fingerprint density at radius 3 is 2.62 bits per heavy atom. The fourth-order valence-electron chi connectivity index (χ4n) is 2.20.